The molecule has 0 spiro atoms. The van der Waals surface area contributed by atoms with Crippen molar-refractivity contribution < 1.29 is 9.90 Å². The van der Waals surface area contributed by atoms with Crippen LogP contribution in [0.1, 0.15) is 15.2 Å². The van der Waals surface area contributed by atoms with Gasteiger partial charge < -0.3 is 16.2 Å². The van der Waals surface area contributed by atoms with Gasteiger partial charge in [-0.15, -0.1) is 11.3 Å². The van der Waals surface area contributed by atoms with Crippen molar-refractivity contribution in [3.8, 4) is 5.75 Å². The number of hydrogen-bond donors (Lipinski definition) is 3. The number of carbonyl (C=O) groups excluding carboxylic acids is 1. The second kappa shape index (κ2) is 4.84. The molecule has 88 valence electrons. The van der Waals surface area contributed by atoms with Gasteiger partial charge in [0.2, 0.25) is 0 Å². The molecule has 1 aromatic heterocycles. The van der Waals surface area contributed by atoms with Crippen LogP contribution >= 0.6 is 11.3 Å². The number of nitrogens with one attached hydrogen (secondary N) is 1. The van der Waals surface area contributed by atoms with Crippen LogP contribution in [0.15, 0.2) is 29.9 Å². The molecule has 1 aromatic carbocycles. The first kappa shape index (κ1) is 11.4. The third-order valence-corrected chi connectivity index (χ3v) is 2.97. The fourth-order valence-electron chi connectivity index (χ4n) is 1.33. The van der Waals surface area contributed by atoms with Crippen molar-refractivity contribution in [1.82, 2.24) is 10.3 Å². The number of aromatic nitrogens is 1. The minimum absolute atomic E-state index is 0.0159. The molecule has 1 amide bonds. The van der Waals surface area contributed by atoms with Crippen molar-refractivity contribution in [2.24, 2.45) is 0 Å². The molecule has 0 unspecified atom stereocenters. The molecule has 2 aromatic rings. The number of nitrogens with two attached hydrogens (primary N) is 1. The quantitative estimate of drug-likeness (QED) is 0.566. The molecule has 5 nitrogen and oxygen atoms in total. The third-order valence-electron chi connectivity index (χ3n) is 2.19. The van der Waals surface area contributed by atoms with Crippen LogP contribution in [0, 0.1) is 0 Å². The first-order valence-corrected chi connectivity index (χ1v) is 5.79. The molecule has 0 aliphatic carbocycles. The summed E-state index contributed by atoms with van der Waals surface area (Å²) in [5.74, 6) is -0.297. The Labute approximate surface area is 102 Å². The van der Waals surface area contributed by atoms with Crippen molar-refractivity contribution in [2.45, 2.75) is 6.54 Å². The molecular formula is C11H11N3O2S. The minimum Gasteiger partial charge on any atom is -0.508 e. The average Bonchev–Trinajstić information content (AvgIpc) is 2.82. The average molecular weight is 249 g/mol. The molecule has 2 rings (SSSR count). The largest absolute Gasteiger partial charge is 0.508 e. The van der Waals surface area contributed by atoms with E-state index in [2.05, 4.69) is 10.3 Å². The highest BCUT2D eigenvalue weighted by atomic mass is 32.1. The lowest BCUT2D eigenvalue weighted by Crippen LogP contribution is -2.23. The van der Waals surface area contributed by atoms with Crippen LogP contribution in [-0.4, -0.2) is 16.0 Å². The van der Waals surface area contributed by atoms with Gasteiger partial charge in [-0.2, -0.15) is 0 Å². The van der Waals surface area contributed by atoms with Crippen LogP contribution in [0.4, 0.5) is 5.69 Å². The first-order valence-electron chi connectivity index (χ1n) is 4.91. The van der Waals surface area contributed by atoms with E-state index in [4.69, 9.17) is 5.73 Å². The van der Waals surface area contributed by atoms with E-state index < -0.39 is 0 Å². The lowest BCUT2D eigenvalue weighted by atomic mass is 10.1. The van der Waals surface area contributed by atoms with Gasteiger partial charge in [-0.1, -0.05) is 0 Å². The Morgan fingerprint density at radius 1 is 1.53 bits per heavy atom. The zero-order valence-electron chi connectivity index (χ0n) is 8.88. The van der Waals surface area contributed by atoms with E-state index in [-0.39, 0.29) is 17.2 Å². The predicted octanol–water partition coefficient (Wildman–Crippen LogP) is 1.36. The molecule has 6 heteroatoms. The van der Waals surface area contributed by atoms with Crippen molar-refractivity contribution in [2.75, 3.05) is 5.73 Å². The third kappa shape index (κ3) is 2.73. The van der Waals surface area contributed by atoms with Crippen LogP contribution in [0.5, 0.6) is 5.75 Å². The maximum atomic E-state index is 11.8. The van der Waals surface area contributed by atoms with Gasteiger partial charge in [0, 0.05) is 16.8 Å². The number of nitrogens with zero attached hydrogens (tertiary/aromatic N) is 1. The Hall–Kier alpha value is -2.08. The number of carbonyl (C=O) groups is 1. The number of phenols is 1. The van der Waals surface area contributed by atoms with E-state index in [9.17, 15) is 9.90 Å². The summed E-state index contributed by atoms with van der Waals surface area (Å²) in [7, 11) is 0. The molecule has 0 aliphatic rings. The second-order valence-electron chi connectivity index (χ2n) is 3.42. The number of amides is 1. The predicted molar refractivity (Wildman–Crippen MR) is 65.8 cm³/mol. The zero-order valence-corrected chi connectivity index (χ0v) is 9.70. The summed E-state index contributed by atoms with van der Waals surface area (Å²) >= 11 is 1.46. The Morgan fingerprint density at radius 3 is 3.06 bits per heavy atom. The Morgan fingerprint density at radius 2 is 2.35 bits per heavy atom. The second-order valence-corrected chi connectivity index (χ2v) is 4.39. The standard InChI is InChI=1S/C11H11N3O2S/c12-10-2-1-7(15)3-9(10)11(16)14-5-8-4-13-6-17-8/h1-4,6,15H,5,12H2,(H,14,16). The van der Waals surface area contributed by atoms with Crippen LogP contribution < -0.4 is 11.1 Å². The summed E-state index contributed by atoms with van der Waals surface area (Å²) < 4.78 is 0. The molecule has 0 saturated carbocycles. The molecule has 0 bridgehead atoms. The van der Waals surface area contributed by atoms with Crippen molar-refractivity contribution in [3.63, 3.8) is 0 Å². The first-order chi connectivity index (χ1) is 8.16. The maximum Gasteiger partial charge on any atom is 0.253 e. The van der Waals surface area contributed by atoms with E-state index in [1.165, 1.54) is 29.5 Å². The van der Waals surface area contributed by atoms with E-state index in [1.807, 2.05) is 0 Å². The van der Waals surface area contributed by atoms with Crippen LogP contribution in [0.3, 0.4) is 0 Å². The number of rotatable bonds is 3. The fourth-order valence-corrected chi connectivity index (χ4v) is 1.87. The molecule has 0 fully saturated rings. The highest BCUT2D eigenvalue weighted by molar-refractivity contribution is 7.09. The summed E-state index contributed by atoms with van der Waals surface area (Å²) in [5.41, 5.74) is 7.97. The van der Waals surface area contributed by atoms with Gasteiger partial charge >= 0.3 is 0 Å². The van der Waals surface area contributed by atoms with E-state index in [0.717, 1.165) is 4.88 Å². The van der Waals surface area contributed by atoms with E-state index in [0.29, 0.717) is 12.2 Å². The maximum absolute atomic E-state index is 11.8. The smallest absolute Gasteiger partial charge is 0.253 e. The molecular weight excluding hydrogens is 238 g/mol. The highest BCUT2D eigenvalue weighted by Gasteiger charge is 2.10. The highest BCUT2D eigenvalue weighted by Crippen LogP contribution is 2.18. The van der Waals surface area contributed by atoms with Gasteiger partial charge in [-0.3, -0.25) is 9.78 Å². The summed E-state index contributed by atoms with van der Waals surface area (Å²) in [6, 6.07) is 4.28. The summed E-state index contributed by atoms with van der Waals surface area (Å²) in [4.78, 5) is 16.7. The molecule has 17 heavy (non-hydrogen) atoms. The molecule has 1 heterocycles. The SMILES string of the molecule is Nc1ccc(O)cc1C(=O)NCc1cncs1. The van der Waals surface area contributed by atoms with Gasteiger partial charge in [0.25, 0.3) is 5.91 Å². The van der Waals surface area contributed by atoms with Crippen LogP contribution in [0.2, 0.25) is 0 Å². The van der Waals surface area contributed by atoms with Gasteiger partial charge in [-0.25, -0.2) is 0 Å². The molecule has 4 N–H and O–H groups in total. The van der Waals surface area contributed by atoms with Crippen LogP contribution in [0.25, 0.3) is 0 Å². The Balaban J connectivity index is 2.07. The van der Waals surface area contributed by atoms with Crippen molar-refractivity contribution >= 4 is 22.9 Å². The number of anilines is 1. The topological polar surface area (TPSA) is 88.2 Å². The molecule has 0 aliphatic heterocycles. The summed E-state index contributed by atoms with van der Waals surface area (Å²) in [6.45, 7) is 0.401. The number of aromatic hydroxyl groups is 1. The summed E-state index contributed by atoms with van der Waals surface area (Å²) in [5, 5.41) is 12.0. The van der Waals surface area contributed by atoms with Crippen molar-refractivity contribution in [1.29, 1.82) is 0 Å². The Kier molecular flexibility index (Phi) is 3.24. The molecule has 0 saturated heterocycles. The van der Waals surface area contributed by atoms with Gasteiger partial charge in [0.1, 0.15) is 5.75 Å². The number of hydrogen-bond acceptors (Lipinski definition) is 5. The molecule has 0 atom stereocenters. The van der Waals surface area contributed by atoms with Gasteiger partial charge in [-0.05, 0) is 18.2 Å². The zero-order chi connectivity index (χ0) is 12.3. The normalized spacial score (nSPS) is 10.1. The van der Waals surface area contributed by atoms with Crippen LogP contribution in [-0.2, 0) is 6.54 Å². The lowest BCUT2D eigenvalue weighted by Gasteiger charge is -2.06. The number of thiazole rings is 1. The fraction of sp³-hybridized carbons (Fsp3) is 0.0909. The van der Waals surface area contributed by atoms with Gasteiger partial charge in [0.15, 0.2) is 0 Å². The number of benzene rings is 1. The number of phenolic OH excluding ortho intramolecular Hbond substituents is 1. The minimum atomic E-state index is -0.313. The lowest BCUT2D eigenvalue weighted by molar-refractivity contribution is 0.0952. The van der Waals surface area contributed by atoms with Gasteiger partial charge in [0.05, 0.1) is 17.6 Å². The van der Waals surface area contributed by atoms with Crippen molar-refractivity contribution in [3.05, 3.63) is 40.3 Å². The monoisotopic (exact) mass is 249 g/mol. The van der Waals surface area contributed by atoms with E-state index in [1.54, 1.807) is 11.7 Å². The van der Waals surface area contributed by atoms with E-state index >= 15 is 0 Å². The Bertz CT molecular complexity index is 526. The molecule has 0 radical (unpaired) electrons. The summed E-state index contributed by atoms with van der Waals surface area (Å²) in [6.07, 6.45) is 1.69. The number of nitrogen functional groups attached to an aromatic ring is 1.